The average Bonchev–Trinajstić information content (AvgIpc) is 2.76. The van der Waals surface area contributed by atoms with Crippen LogP contribution in [0.5, 0.6) is 0 Å². The van der Waals surface area contributed by atoms with Gasteiger partial charge in [-0.25, -0.2) is 12.8 Å². The molecule has 22 heavy (non-hydrogen) atoms. The highest BCUT2D eigenvalue weighted by Crippen LogP contribution is 2.38. The van der Waals surface area contributed by atoms with E-state index in [4.69, 9.17) is 4.74 Å². The second kappa shape index (κ2) is 5.08. The molecule has 7 heteroatoms. The van der Waals surface area contributed by atoms with E-state index >= 15 is 0 Å². The Morgan fingerprint density at radius 3 is 2.77 bits per heavy atom. The predicted molar refractivity (Wildman–Crippen MR) is 78.8 cm³/mol. The molecule has 0 radical (unpaired) electrons. The largest absolute Gasteiger partial charge is 0.456 e. The van der Waals surface area contributed by atoms with Crippen LogP contribution in [0.4, 0.5) is 4.39 Å². The van der Waals surface area contributed by atoms with E-state index in [1.807, 2.05) is 0 Å². The van der Waals surface area contributed by atoms with Gasteiger partial charge >= 0.3 is 5.97 Å². The summed E-state index contributed by atoms with van der Waals surface area (Å²) < 4.78 is 42.9. The summed E-state index contributed by atoms with van der Waals surface area (Å²) in [7, 11) is -3.57. The third-order valence-electron chi connectivity index (χ3n) is 3.90. The molecule has 0 saturated carbocycles. The molecule has 1 atom stereocenters. The number of carbonyl (C=O) groups excluding carboxylic acids is 1. The lowest BCUT2D eigenvalue weighted by Crippen LogP contribution is -2.14. The number of aromatic nitrogens is 1. The number of halogens is 1. The molecule has 0 amide bonds. The third kappa shape index (κ3) is 2.49. The van der Waals surface area contributed by atoms with Gasteiger partial charge in [0.15, 0.2) is 9.84 Å². The van der Waals surface area contributed by atoms with Crippen LogP contribution >= 0.6 is 0 Å². The molecule has 0 aliphatic heterocycles. The van der Waals surface area contributed by atoms with Gasteiger partial charge in [-0.1, -0.05) is 0 Å². The molecule has 3 rings (SSSR count). The maximum absolute atomic E-state index is 13.8. The van der Waals surface area contributed by atoms with Crippen LogP contribution in [0.15, 0.2) is 17.0 Å². The predicted octanol–water partition coefficient (Wildman–Crippen LogP) is 2.65. The number of hydrogen-bond acceptors (Lipinski definition) is 4. The average molecular weight is 325 g/mol. The molecule has 1 aliphatic carbocycles. The van der Waals surface area contributed by atoms with Gasteiger partial charge in [0, 0.05) is 18.6 Å². The number of rotatable bonds is 2. The fourth-order valence-corrected chi connectivity index (χ4v) is 3.93. The van der Waals surface area contributed by atoms with Gasteiger partial charge in [0.05, 0.1) is 16.1 Å². The smallest absolute Gasteiger partial charge is 0.303 e. The van der Waals surface area contributed by atoms with Gasteiger partial charge in [-0.05, 0) is 37.0 Å². The Balaban J connectivity index is 2.28. The number of nitrogens with one attached hydrogen (secondary N) is 1. The van der Waals surface area contributed by atoms with E-state index in [2.05, 4.69) is 4.98 Å². The maximum Gasteiger partial charge on any atom is 0.303 e. The number of hydrogen-bond donors (Lipinski definition) is 1. The highest BCUT2D eigenvalue weighted by Gasteiger charge is 2.28. The molecule has 0 unspecified atom stereocenters. The zero-order chi connectivity index (χ0) is 16.1. The van der Waals surface area contributed by atoms with Crippen LogP contribution in [0.3, 0.4) is 0 Å². The van der Waals surface area contributed by atoms with Crippen molar-refractivity contribution in [3.63, 3.8) is 0 Å². The number of fused-ring (bicyclic) bond motifs is 3. The second-order valence-electron chi connectivity index (χ2n) is 5.61. The SMILES string of the molecule is CC(=O)O[C@@H]1CCCc2c1[nH]c1c(S(C)(=O)=O)cc(F)cc21. The summed E-state index contributed by atoms with van der Waals surface area (Å²) in [5.74, 6) is -0.990. The number of aromatic amines is 1. The van der Waals surface area contributed by atoms with Crippen molar-refractivity contribution in [1.29, 1.82) is 0 Å². The van der Waals surface area contributed by atoms with E-state index in [1.165, 1.54) is 13.0 Å². The molecule has 0 spiro atoms. The first kappa shape index (κ1) is 15.0. The Hall–Kier alpha value is -1.89. The molecule has 2 aromatic rings. The summed E-state index contributed by atoms with van der Waals surface area (Å²) in [4.78, 5) is 14.2. The van der Waals surface area contributed by atoms with Crippen molar-refractivity contribution < 1.29 is 22.3 Å². The Morgan fingerprint density at radius 2 is 2.14 bits per heavy atom. The number of aryl methyl sites for hydroxylation is 1. The van der Waals surface area contributed by atoms with Crippen molar-refractivity contribution >= 4 is 26.7 Å². The van der Waals surface area contributed by atoms with Crippen LogP contribution in [0, 0.1) is 5.82 Å². The first-order valence-corrected chi connectivity index (χ1v) is 8.88. The lowest BCUT2D eigenvalue weighted by atomic mass is 9.93. The van der Waals surface area contributed by atoms with Crippen molar-refractivity contribution in [3.8, 4) is 0 Å². The minimum absolute atomic E-state index is 0.0709. The van der Waals surface area contributed by atoms with E-state index in [9.17, 15) is 17.6 Å². The van der Waals surface area contributed by atoms with Gasteiger partial charge < -0.3 is 9.72 Å². The van der Waals surface area contributed by atoms with E-state index in [0.717, 1.165) is 24.3 Å². The molecular formula is C15H16FNO4S. The van der Waals surface area contributed by atoms with Gasteiger partial charge in [-0.3, -0.25) is 4.79 Å². The number of sulfone groups is 1. The van der Waals surface area contributed by atoms with E-state index in [1.54, 1.807) is 0 Å². The zero-order valence-corrected chi connectivity index (χ0v) is 13.1. The quantitative estimate of drug-likeness (QED) is 0.861. The third-order valence-corrected chi connectivity index (χ3v) is 5.02. The summed E-state index contributed by atoms with van der Waals surface area (Å²) in [5.41, 5.74) is 1.89. The Kier molecular flexibility index (Phi) is 3.47. The van der Waals surface area contributed by atoms with Crippen LogP contribution in [0.2, 0.25) is 0 Å². The minimum atomic E-state index is -3.57. The lowest BCUT2D eigenvalue weighted by Gasteiger charge is -2.22. The van der Waals surface area contributed by atoms with Crippen LogP contribution in [0.25, 0.3) is 10.9 Å². The molecule has 0 fully saturated rings. The maximum atomic E-state index is 13.8. The zero-order valence-electron chi connectivity index (χ0n) is 12.3. The van der Waals surface area contributed by atoms with Crippen LogP contribution in [-0.2, 0) is 25.8 Å². The van der Waals surface area contributed by atoms with Gasteiger partial charge in [-0.15, -0.1) is 0 Å². The number of benzene rings is 1. The van der Waals surface area contributed by atoms with E-state index in [-0.39, 0.29) is 4.90 Å². The van der Waals surface area contributed by atoms with Crippen molar-refractivity contribution in [2.45, 2.75) is 37.2 Å². The second-order valence-corrected chi connectivity index (χ2v) is 7.59. The summed E-state index contributed by atoms with van der Waals surface area (Å²) in [5, 5.41) is 0.548. The summed E-state index contributed by atoms with van der Waals surface area (Å²) >= 11 is 0. The van der Waals surface area contributed by atoms with Crippen LogP contribution in [0.1, 0.15) is 37.1 Å². The molecule has 0 bridgehead atoms. The van der Waals surface area contributed by atoms with Crippen LogP contribution in [-0.4, -0.2) is 25.6 Å². The van der Waals surface area contributed by atoms with Crippen LogP contribution < -0.4 is 0 Å². The highest BCUT2D eigenvalue weighted by atomic mass is 32.2. The standard InChI is InChI=1S/C15H16FNO4S/c1-8(18)21-12-5-3-4-10-11-6-9(16)7-13(22(2,19)20)15(11)17-14(10)12/h6-7,12,17H,3-5H2,1-2H3/t12-/m1/s1. The van der Waals surface area contributed by atoms with E-state index in [0.29, 0.717) is 29.4 Å². The van der Waals surface area contributed by atoms with Gasteiger partial charge in [-0.2, -0.15) is 0 Å². The number of esters is 1. The monoisotopic (exact) mass is 325 g/mol. The Morgan fingerprint density at radius 1 is 1.41 bits per heavy atom. The molecule has 1 aromatic heterocycles. The molecule has 0 saturated heterocycles. The highest BCUT2D eigenvalue weighted by molar-refractivity contribution is 7.91. The molecule has 1 heterocycles. The topological polar surface area (TPSA) is 76.2 Å². The fourth-order valence-electron chi connectivity index (χ4n) is 3.07. The van der Waals surface area contributed by atoms with Crippen molar-refractivity contribution in [3.05, 3.63) is 29.2 Å². The Bertz CT molecular complexity index is 869. The first-order chi connectivity index (χ1) is 10.3. The van der Waals surface area contributed by atoms with Gasteiger partial charge in [0.1, 0.15) is 11.9 Å². The van der Waals surface area contributed by atoms with Crippen molar-refractivity contribution in [2.75, 3.05) is 6.26 Å². The first-order valence-electron chi connectivity index (χ1n) is 6.98. The number of carbonyl (C=O) groups is 1. The molecule has 5 nitrogen and oxygen atoms in total. The van der Waals surface area contributed by atoms with Crippen molar-refractivity contribution in [2.24, 2.45) is 0 Å². The van der Waals surface area contributed by atoms with E-state index < -0.39 is 27.7 Å². The van der Waals surface area contributed by atoms with Gasteiger partial charge in [0.2, 0.25) is 0 Å². The number of ether oxygens (including phenoxy) is 1. The molecular weight excluding hydrogens is 309 g/mol. The normalized spacial score (nSPS) is 18.2. The molecule has 1 N–H and O–H groups in total. The van der Waals surface area contributed by atoms with Crippen molar-refractivity contribution in [1.82, 2.24) is 4.98 Å². The number of H-pyrrole nitrogens is 1. The summed E-state index contributed by atoms with van der Waals surface area (Å²) in [6.07, 6.45) is 2.76. The Labute approximate surface area is 127 Å². The van der Waals surface area contributed by atoms with Gasteiger partial charge in [0.25, 0.3) is 0 Å². The lowest BCUT2D eigenvalue weighted by molar-refractivity contribution is -0.147. The summed E-state index contributed by atoms with van der Waals surface area (Å²) in [6.45, 7) is 1.33. The minimum Gasteiger partial charge on any atom is -0.456 e. The summed E-state index contributed by atoms with van der Waals surface area (Å²) in [6, 6.07) is 2.34. The molecule has 1 aromatic carbocycles. The molecule has 118 valence electrons. The molecule has 1 aliphatic rings. The fraction of sp³-hybridized carbons (Fsp3) is 0.400.